The molecular weight excluding hydrogens is 707 g/mol. The van der Waals surface area contributed by atoms with Crippen molar-refractivity contribution in [2.75, 3.05) is 0 Å². The molecule has 1 aliphatic rings. The van der Waals surface area contributed by atoms with Gasteiger partial charge in [0.1, 0.15) is 0 Å². The zero-order valence-electron chi connectivity index (χ0n) is 32.0. The topological polar surface area (TPSA) is 56.5 Å². The van der Waals surface area contributed by atoms with Gasteiger partial charge in [0.2, 0.25) is 0 Å². The summed E-state index contributed by atoms with van der Waals surface area (Å²) < 4.78 is 2.35. The highest BCUT2D eigenvalue weighted by Crippen LogP contribution is 2.55. The van der Waals surface area contributed by atoms with Gasteiger partial charge in [0.05, 0.1) is 16.6 Å². The van der Waals surface area contributed by atoms with Crippen molar-refractivity contribution >= 4 is 54.3 Å². The summed E-state index contributed by atoms with van der Waals surface area (Å²) in [5.41, 5.74) is 12.0. The Balaban J connectivity index is 1.10. The van der Waals surface area contributed by atoms with Gasteiger partial charge >= 0.3 is 0 Å². The molecule has 0 saturated heterocycles. The van der Waals surface area contributed by atoms with Gasteiger partial charge in [0.15, 0.2) is 17.5 Å². The van der Waals surface area contributed by atoms with Gasteiger partial charge in [-0.05, 0) is 97.0 Å². The highest BCUT2D eigenvalue weighted by Gasteiger charge is 2.38. The Morgan fingerprint density at radius 2 is 0.983 bits per heavy atom. The highest BCUT2D eigenvalue weighted by atomic mass is 15.0. The van der Waals surface area contributed by atoms with Crippen molar-refractivity contribution in [1.29, 1.82) is 0 Å². The summed E-state index contributed by atoms with van der Waals surface area (Å²) in [6, 6.07) is 60.3. The highest BCUT2D eigenvalue weighted by molar-refractivity contribution is 6.27. The van der Waals surface area contributed by atoms with Crippen LogP contribution in [0.25, 0.3) is 105 Å². The molecule has 12 rings (SSSR count). The van der Waals surface area contributed by atoms with Crippen LogP contribution in [0.2, 0.25) is 0 Å². The molecule has 11 aromatic rings. The van der Waals surface area contributed by atoms with E-state index in [9.17, 15) is 0 Å². The fourth-order valence-electron chi connectivity index (χ4n) is 9.54. The van der Waals surface area contributed by atoms with E-state index >= 15 is 0 Å². The summed E-state index contributed by atoms with van der Waals surface area (Å²) in [6.07, 6.45) is 1.92. The summed E-state index contributed by atoms with van der Waals surface area (Å²) in [5.74, 6) is 1.90. The van der Waals surface area contributed by atoms with Gasteiger partial charge in [-0.15, -0.1) is 0 Å². The molecule has 0 bridgehead atoms. The van der Waals surface area contributed by atoms with Crippen LogP contribution in [0.15, 0.2) is 176 Å². The van der Waals surface area contributed by atoms with E-state index in [4.69, 9.17) is 19.9 Å². The summed E-state index contributed by atoms with van der Waals surface area (Å²) in [6.45, 7) is 4.74. The van der Waals surface area contributed by atoms with Crippen LogP contribution in [-0.4, -0.2) is 24.5 Å². The first kappa shape index (κ1) is 32.7. The molecule has 0 N–H and O–H groups in total. The van der Waals surface area contributed by atoms with E-state index in [2.05, 4.69) is 122 Å². The summed E-state index contributed by atoms with van der Waals surface area (Å²) in [5, 5.41) is 8.89. The minimum absolute atomic E-state index is 0.214. The average molecular weight is 742 g/mol. The molecule has 5 nitrogen and oxygen atoms in total. The average Bonchev–Trinajstić information content (AvgIpc) is 3.74. The third-order valence-electron chi connectivity index (χ3n) is 12.2. The lowest BCUT2D eigenvalue weighted by atomic mass is 9.81. The number of aromatic nitrogens is 5. The van der Waals surface area contributed by atoms with Crippen molar-refractivity contribution in [3.8, 4) is 51.0 Å². The first-order valence-corrected chi connectivity index (χ1v) is 19.8. The monoisotopic (exact) mass is 741 g/mol. The predicted octanol–water partition coefficient (Wildman–Crippen LogP) is 13.1. The standard InChI is InChI=1S/C53H35N5/c1-53(2)43-26-27-45-48(47(43)42-30-40-38-23-11-9-21-36(38)37-22-10-12-24-39(37)41(40)31-44(42)53)49-46(25-14-28-54-49)58(45)35-20-13-19-34(29-35)52-56-50(32-15-5-3-6-16-32)55-51(57-52)33-17-7-4-8-18-33/h3-31H,1-2H3. The van der Waals surface area contributed by atoms with Crippen LogP contribution in [0.5, 0.6) is 0 Å². The van der Waals surface area contributed by atoms with E-state index in [1.165, 1.54) is 60.0 Å². The molecule has 8 aromatic carbocycles. The minimum atomic E-state index is -0.214. The SMILES string of the molecule is CC1(C)c2cc3c4ccccc4c4ccccc4c3cc2-c2c1ccc1c2c2ncccc2n1-c1cccc(-c2nc(-c3ccccc3)nc(-c3ccccc3)n2)c1. The Bertz CT molecular complexity index is 3420. The molecule has 0 spiro atoms. The van der Waals surface area contributed by atoms with E-state index < -0.39 is 0 Å². The largest absolute Gasteiger partial charge is 0.308 e. The number of fused-ring (bicyclic) bond motifs is 13. The van der Waals surface area contributed by atoms with Crippen LogP contribution in [0.3, 0.4) is 0 Å². The lowest BCUT2D eigenvalue weighted by molar-refractivity contribution is 0.661. The maximum absolute atomic E-state index is 5.12. The Morgan fingerprint density at radius 3 is 1.62 bits per heavy atom. The maximum Gasteiger partial charge on any atom is 0.164 e. The van der Waals surface area contributed by atoms with Crippen LogP contribution >= 0.6 is 0 Å². The van der Waals surface area contributed by atoms with E-state index in [1.54, 1.807) is 0 Å². The fraction of sp³-hybridized carbons (Fsp3) is 0.0566. The van der Waals surface area contributed by atoms with Crippen molar-refractivity contribution < 1.29 is 0 Å². The molecule has 0 amide bonds. The van der Waals surface area contributed by atoms with E-state index in [0.717, 1.165) is 38.9 Å². The Kier molecular flexibility index (Phi) is 6.91. The molecule has 0 aliphatic heterocycles. The Hall–Kier alpha value is -7.50. The molecule has 0 radical (unpaired) electrons. The molecule has 3 heterocycles. The van der Waals surface area contributed by atoms with Crippen LogP contribution < -0.4 is 0 Å². The van der Waals surface area contributed by atoms with Crippen molar-refractivity contribution in [2.45, 2.75) is 19.3 Å². The van der Waals surface area contributed by atoms with E-state index in [-0.39, 0.29) is 5.41 Å². The number of nitrogens with zero attached hydrogens (tertiary/aromatic N) is 5. The predicted molar refractivity (Wildman–Crippen MR) is 238 cm³/mol. The van der Waals surface area contributed by atoms with Crippen LogP contribution in [0.4, 0.5) is 0 Å². The summed E-state index contributed by atoms with van der Waals surface area (Å²) in [7, 11) is 0. The first-order chi connectivity index (χ1) is 28.5. The smallest absolute Gasteiger partial charge is 0.164 e. The third kappa shape index (κ3) is 4.71. The molecule has 272 valence electrons. The van der Waals surface area contributed by atoms with Gasteiger partial charge in [-0.3, -0.25) is 4.98 Å². The second-order valence-corrected chi connectivity index (χ2v) is 15.8. The van der Waals surface area contributed by atoms with Gasteiger partial charge in [-0.1, -0.05) is 141 Å². The quantitative estimate of drug-likeness (QED) is 0.169. The molecule has 0 atom stereocenters. The molecule has 0 fully saturated rings. The zero-order chi connectivity index (χ0) is 38.5. The van der Waals surface area contributed by atoms with E-state index in [0.29, 0.717) is 17.5 Å². The van der Waals surface area contributed by atoms with Crippen molar-refractivity contribution in [3.63, 3.8) is 0 Å². The van der Waals surface area contributed by atoms with Gasteiger partial charge < -0.3 is 4.57 Å². The number of rotatable bonds is 4. The summed E-state index contributed by atoms with van der Waals surface area (Å²) >= 11 is 0. The van der Waals surface area contributed by atoms with Crippen molar-refractivity contribution in [1.82, 2.24) is 24.5 Å². The fourth-order valence-corrected chi connectivity index (χ4v) is 9.54. The van der Waals surface area contributed by atoms with E-state index in [1.807, 2.05) is 72.9 Å². The number of pyridine rings is 1. The second kappa shape index (κ2) is 12.2. The number of benzene rings is 8. The van der Waals surface area contributed by atoms with Gasteiger partial charge in [0, 0.05) is 39.4 Å². The van der Waals surface area contributed by atoms with Gasteiger partial charge in [-0.25, -0.2) is 15.0 Å². The second-order valence-electron chi connectivity index (χ2n) is 15.8. The molecule has 5 heteroatoms. The third-order valence-corrected chi connectivity index (χ3v) is 12.2. The van der Waals surface area contributed by atoms with Crippen molar-refractivity contribution in [2.24, 2.45) is 0 Å². The molecule has 0 unspecified atom stereocenters. The Morgan fingerprint density at radius 1 is 0.431 bits per heavy atom. The van der Waals surface area contributed by atoms with Crippen molar-refractivity contribution in [3.05, 3.63) is 187 Å². The lowest BCUT2D eigenvalue weighted by Gasteiger charge is -2.22. The molecular formula is C53H35N5. The number of hydrogen-bond donors (Lipinski definition) is 0. The molecule has 0 saturated carbocycles. The van der Waals surface area contributed by atoms with Crippen LogP contribution in [0.1, 0.15) is 25.0 Å². The first-order valence-electron chi connectivity index (χ1n) is 19.8. The molecule has 58 heavy (non-hydrogen) atoms. The number of hydrogen-bond acceptors (Lipinski definition) is 4. The van der Waals surface area contributed by atoms with Crippen LogP contribution in [-0.2, 0) is 5.41 Å². The minimum Gasteiger partial charge on any atom is -0.308 e. The summed E-state index contributed by atoms with van der Waals surface area (Å²) in [4.78, 5) is 20.2. The Labute approximate surface area is 335 Å². The molecule has 1 aliphatic carbocycles. The maximum atomic E-state index is 5.12. The molecule has 3 aromatic heterocycles. The zero-order valence-corrected chi connectivity index (χ0v) is 32.0. The lowest BCUT2D eigenvalue weighted by Crippen LogP contribution is -2.14. The normalized spacial score (nSPS) is 13.1. The van der Waals surface area contributed by atoms with Gasteiger partial charge in [0.25, 0.3) is 0 Å². The van der Waals surface area contributed by atoms with Gasteiger partial charge in [-0.2, -0.15) is 0 Å². The van der Waals surface area contributed by atoms with Crippen LogP contribution in [0, 0.1) is 0 Å².